The minimum absolute atomic E-state index is 0.0570. The van der Waals surface area contributed by atoms with Crippen molar-refractivity contribution < 1.29 is 9.59 Å². The smallest absolute Gasteiger partial charge is 0.242 e. The van der Waals surface area contributed by atoms with Crippen molar-refractivity contribution in [2.45, 2.75) is 39.4 Å². The van der Waals surface area contributed by atoms with Crippen LogP contribution >= 0.6 is 11.8 Å². The number of amidine groups is 1. The van der Waals surface area contributed by atoms with Crippen molar-refractivity contribution in [3.63, 3.8) is 0 Å². The van der Waals surface area contributed by atoms with Gasteiger partial charge in [0.2, 0.25) is 11.8 Å². The summed E-state index contributed by atoms with van der Waals surface area (Å²) in [6.45, 7) is 9.24. The number of thioether (sulfide) groups is 1. The van der Waals surface area contributed by atoms with Crippen LogP contribution in [0.5, 0.6) is 0 Å². The SMILES string of the molecule is Cc1cccc(C)c1N=C1S[C@@H](CC(=O)Nc2c(C)cccc2C)C(=O)N1CCN(C)C. The van der Waals surface area contributed by atoms with Crippen molar-refractivity contribution in [3.8, 4) is 0 Å². The van der Waals surface area contributed by atoms with Gasteiger partial charge in [0.15, 0.2) is 5.17 Å². The van der Waals surface area contributed by atoms with Gasteiger partial charge >= 0.3 is 0 Å². The molecule has 1 N–H and O–H groups in total. The summed E-state index contributed by atoms with van der Waals surface area (Å²) in [5.74, 6) is -0.215. The number of benzene rings is 2. The van der Waals surface area contributed by atoms with Crippen LogP contribution in [0.15, 0.2) is 41.4 Å². The predicted octanol–water partition coefficient (Wildman–Crippen LogP) is 4.44. The third kappa shape index (κ3) is 5.58. The first-order valence-corrected chi connectivity index (χ1v) is 11.7. The molecule has 2 aromatic rings. The van der Waals surface area contributed by atoms with E-state index in [0.717, 1.165) is 40.2 Å². The molecule has 0 bridgehead atoms. The maximum Gasteiger partial charge on any atom is 0.242 e. The molecule has 1 aliphatic heterocycles. The molecule has 1 saturated heterocycles. The summed E-state index contributed by atoms with van der Waals surface area (Å²) < 4.78 is 0. The lowest BCUT2D eigenvalue weighted by Crippen LogP contribution is -2.38. The van der Waals surface area contributed by atoms with Crippen LogP contribution in [0.2, 0.25) is 0 Å². The lowest BCUT2D eigenvalue weighted by molar-refractivity contribution is -0.128. The summed E-state index contributed by atoms with van der Waals surface area (Å²) in [6, 6.07) is 12.0. The molecule has 0 saturated carbocycles. The Kier molecular flexibility index (Phi) is 7.74. The van der Waals surface area contributed by atoms with Gasteiger partial charge in [-0.2, -0.15) is 0 Å². The summed E-state index contributed by atoms with van der Waals surface area (Å²) in [4.78, 5) is 34.7. The third-order valence-electron chi connectivity index (χ3n) is 5.55. The zero-order valence-electron chi connectivity index (χ0n) is 19.7. The summed E-state index contributed by atoms with van der Waals surface area (Å²) in [7, 11) is 3.96. The number of para-hydroxylation sites is 2. The minimum atomic E-state index is -0.482. The summed E-state index contributed by atoms with van der Waals surface area (Å²) in [5.41, 5.74) is 5.85. The minimum Gasteiger partial charge on any atom is -0.326 e. The first-order valence-electron chi connectivity index (χ1n) is 10.8. The fourth-order valence-electron chi connectivity index (χ4n) is 3.68. The lowest BCUT2D eigenvalue weighted by Gasteiger charge is -2.19. The van der Waals surface area contributed by atoms with Gasteiger partial charge in [-0.1, -0.05) is 48.2 Å². The number of rotatable bonds is 7. The molecule has 32 heavy (non-hydrogen) atoms. The Labute approximate surface area is 195 Å². The number of hydrogen-bond acceptors (Lipinski definition) is 5. The monoisotopic (exact) mass is 452 g/mol. The Morgan fingerprint density at radius 1 is 1.03 bits per heavy atom. The average molecular weight is 453 g/mol. The summed E-state index contributed by atoms with van der Waals surface area (Å²) in [6.07, 6.45) is 0.113. The fourth-order valence-corrected chi connectivity index (χ4v) is 4.85. The molecular formula is C25H32N4O2S. The van der Waals surface area contributed by atoms with Crippen LogP contribution in [0.4, 0.5) is 11.4 Å². The molecule has 1 atom stereocenters. The van der Waals surface area contributed by atoms with Crippen LogP contribution in [0.1, 0.15) is 28.7 Å². The lowest BCUT2D eigenvalue weighted by atomic mass is 10.1. The van der Waals surface area contributed by atoms with Crippen molar-refractivity contribution in [1.29, 1.82) is 0 Å². The standard InChI is InChI=1S/C25H32N4O2S/c1-16-9-7-10-17(2)22(16)26-21(30)15-20-24(31)29(14-13-28(5)6)25(32-20)27-23-18(3)11-8-12-19(23)4/h7-12,20H,13-15H2,1-6H3,(H,26,30)/t20-/m0/s1. The molecule has 2 amide bonds. The molecule has 0 unspecified atom stereocenters. The second-order valence-corrected chi connectivity index (χ2v) is 9.72. The first kappa shape index (κ1) is 24.0. The van der Waals surface area contributed by atoms with Gasteiger partial charge in [0.25, 0.3) is 0 Å². The zero-order chi connectivity index (χ0) is 23.4. The highest BCUT2D eigenvalue weighted by atomic mass is 32.2. The van der Waals surface area contributed by atoms with Crippen LogP contribution in [-0.4, -0.2) is 59.2 Å². The molecule has 0 aromatic heterocycles. The number of hydrogen-bond donors (Lipinski definition) is 1. The quantitative estimate of drug-likeness (QED) is 0.674. The van der Waals surface area contributed by atoms with E-state index in [1.165, 1.54) is 11.8 Å². The highest BCUT2D eigenvalue weighted by molar-refractivity contribution is 8.15. The van der Waals surface area contributed by atoms with Gasteiger partial charge < -0.3 is 10.2 Å². The highest BCUT2D eigenvalue weighted by Gasteiger charge is 2.39. The fraction of sp³-hybridized carbons (Fsp3) is 0.400. The first-order chi connectivity index (χ1) is 15.2. The molecular weight excluding hydrogens is 420 g/mol. The van der Waals surface area contributed by atoms with Crippen LogP contribution in [0.3, 0.4) is 0 Å². The Morgan fingerprint density at radius 2 is 1.59 bits per heavy atom. The number of nitrogens with zero attached hydrogens (tertiary/aromatic N) is 3. The second-order valence-electron chi connectivity index (χ2n) is 8.55. The molecule has 1 aliphatic rings. The normalized spacial score (nSPS) is 17.5. The van der Waals surface area contributed by atoms with Crippen molar-refractivity contribution in [1.82, 2.24) is 9.80 Å². The van der Waals surface area contributed by atoms with Gasteiger partial charge in [-0.25, -0.2) is 4.99 Å². The Bertz CT molecular complexity index is 1010. The van der Waals surface area contributed by atoms with Gasteiger partial charge in [-0.15, -0.1) is 0 Å². The highest BCUT2D eigenvalue weighted by Crippen LogP contribution is 2.34. The van der Waals surface area contributed by atoms with Gasteiger partial charge in [0.05, 0.1) is 5.69 Å². The Morgan fingerprint density at radius 3 is 2.16 bits per heavy atom. The molecule has 3 rings (SSSR count). The second kappa shape index (κ2) is 10.3. The van der Waals surface area contributed by atoms with Crippen molar-refractivity contribution in [2.24, 2.45) is 4.99 Å². The molecule has 0 radical (unpaired) electrons. The van der Waals surface area contributed by atoms with E-state index in [0.29, 0.717) is 11.7 Å². The zero-order valence-corrected chi connectivity index (χ0v) is 20.5. The number of amides is 2. The largest absolute Gasteiger partial charge is 0.326 e. The average Bonchev–Trinajstić information content (AvgIpc) is 3.00. The number of anilines is 1. The Balaban J connectivity index is 1.82. The van der Waals surface area contributed by atoms with E-state index in [9.17, 15) is 9.59 Å². The summed E-state index contributed by atoms with van der Waals surface area (Å²) >= 11 is 1.39. The number of likely N-dealkylation sites (N-methyl/N-ethyl adjacent to an activating group) is 1. The number of aryl methyl sites for hydroxylation is 4. The van der Waals surface area contributed by atoms with Gasteiger partial charge in [0.1, 0.15) is 5.25 Å². The molecule has 6 nitrogen and oxygen atoms in total. The van der Waals surface area contributed by atoms with Crippen LogP contribution < -0.4 is 5.32 Å². The van der Waals surface area contributed by atoms with E-state index in [1.54, 1.807) is 4.90 Å². The van der Waals surface area contributed by atoms with E-state index >= 15 is 0 Å². The maximum absolute atomic E-state index is 13.2. The third-order valence-corrected chi connectivity index (χ3v) is 6.73. The van der Waals surface area contributed by atoms with Crippen molar-refractivity contribution in [3.05, 3.63) is 58.7 Å². The van der Waals surface area contributed by atoms with Gasteiger partial charge in [0, 0.05) is 25.2 Å². The molecule has 2 aromatic carbocycles. The summed E-state index contributed by atoms with van der Waals surface area (Å²) in [5, 5.41) is 3.19. The Hall–Kier alpha value is -2.64. The van der Waals surface area contributed by atoms with E-state index in [4.69, 9.17) is 4.99 Å². The molecule has 7 heteroatoms. The molecule has 0 aliphatic carbocycles. The van der Waals surface area contributed by atoms with E-state index in [1.807, 2.05) is 83.1 Å². The molecule has 0 spiro atoms. The number of carbonyl (C=O) groups excluding carboxylic acids is 2. The van der Waals surface area contributed by atoms with Crippen molar-refractivity contribution >= 4 is 40.1 Å². The molecule has 1 heterocycles. The number of aliphatic imine (C=N–C) groups is 1. The van der Waals surface area contributed by atoms with E-state index in [-0.39, 0.29) is 18.2 Å². The molecule has 1 fully saturated rings. The number of carbonyl (C=O) groups is 2. The van der Waals surface area contributed by atoms with Gasteiger partial charge in [-0.3, -0.25) is 14.5 Å². The molecule has 170 valence electrons. The van der Waals surface area contributed by atoms with E-state index in [2.05, 4.69) is 5.32 Å². The van der Waals surface area contributed by atoms with Gasteiger partial charge in [-0.05, 0) is 64.0 Å². The number of nitrogens with one attached hydrogen (secondary N) is 1. The maximum atomic E-state index is 13.2. The van der Waals surface area contributed by atoms with Crippen LogP contribution in [-0.2, 0) is 9.59 Å². The van der Waals surface area contributed by atoms with E-state index < -0.39 is 5.25 Å². The van der Waals surface area contributed by atoms with Crippen LogP contribution in [0.25, 0.3) is 0 Å². The van der Waals surface area contributed by atoms with Crippen LogP contribution in [0, 0.1) is 27.7 Å². The predicted molar refractivity (Wildman–Crippen MR) is 134 cm³/mol. The van der Waals surface area contributed by atoms with Crippen molar-refractivity contribution in [2.75, 3.05) is 32.5 Å². The topological polar surface area (TPSA) is 65.0 Å².